The first-order valence-electron chi connectivity index (χ1n) is 7.67. The highest BCUT2D eigenvalue weighted by atomic mass is 16.5. The fraction of sp³-hybridized carbons (Fsp3) is 0.625. The van der Waals surface area contributed by atoms with E-state index in [9.17, 15) is 4.79 Å². The summed E-state index contributed by atoms with van der Waals surface area (Å²) in [6.45, 7) is 3.16. The van der Waals surface area contributed by atoms with Gasteiger partial charge in [0.1, 0.15) is 12.2 Å². The number of nitrogens with zero attached hydrogens (tertiary/aromatic N) is 1. The molecule has 21 heavy (non-hydrogen) atoms. The molecule has 1 saturated heterocycles. The lowest BCUT2D eigenvalue weighted by Gasteiger charge is -2.22. The number of ether oxygens (including phenoxy) is 2. The first-order valence-corrected chi connectivity index (χ1v) is 7.67. The van der Waals surface area contributed by atoms with Gasteiger partial charge in [0, 0.05) is 24.6 Å². The summed E-state index contributed by atoms with van der Waals surface area (Å²) in [5.41, 5.74) is 1.01. The Balaban J connectivity index is 1.54. The smallest absolute Gasteiger partial charge is 0.249 e. The quantitative estimate of drug-likeness (QED) is 0.868. The van der Waals surface area contributed by atoms with Gasteiger partial charge in [0.05, 0.1) is 12.6 Å². The third-order valence-electron chi connectivity index (χ3n) is 4.08. The van der Waals surface area contributed by atoms with Gasteiger partial charge in [-0.15, -0.1) is 0 Å². The molecule has 1 saturated carbocycles. The first kappa shape index (κ1) is 14.5. The summed E-state index contributed by atoms with van der Waals surface area (Å²) < 4.78 is 11.4. The topological polar surface area (TPSA) is 60.5 Å². The van der Waals surface area contributed by atoms with Gasteiger partial charge in [-0.05, 0) is 38.2 Å². The van der Waals surface area contributed by atoms with Gasteiger partial charge >= 0.3 is 0 Å². The largest absolute Gasteiger partial charge is 0.371 e. The van der Waals surface area contributed by atoms with Crippen molar-refractivity contribution < 1.29 is 14.3 Å². The Morgan fingerprint density at radius 2 is 2.38 bits per heavy atom. The molecule has 0 bridgehead atoms. The highest BCUT2D eigenvalue weighted by Crippen LogP contribution is 2.30. The number of aromatic nitrogens is 1. The summed E-state index contributed by atoms with van der Waals surface area (Å²) in [5, 5.41) is 3.05. The zero-order valence-corrected chi connectivity index (χ0v) is 12.3. The first-order chi connectivity index (χ1) is 10.2. The van der Waals surface area contributed by atoms with Crippen molar-refractivity contribution in [3.63, 3.8) is 0 Å². The maximum absolute atomic E-state index is 12.2. The van der Waals surface area contributed by atoms with Crippen LogP contribution >= 0.6 is 0 Å². The molecule has 1 aromatic rings. The molecule has 1 N–H and O–H groups in total. The molecule has 3 atom stereocenters. The number of hydrogen-bond donors (Lipinski definition) is 1. The fourth-order valence-electron chi connectivity index (χ4n) is 2.55. The summed E-state index contributed by atoms with van der Waals surface area (Å²) >= 11 is 0. The normalized spacial score (nSPS) is 26.5. The van der Waals surface area contributed by atoms with Crippen molar-refractivity contribution >= 4 is 5.91 Å². The van der Waals surface area contributed by atoms with Gasteiger partial charge in [-0.1, -0.05) is 6.07 Å². The van der Waals surface area contributed by atoms with Crippen LogP contribution in [0.3, 0.4) is 0 Å². The Kier molecular flexibility index (Phi) is 4.51. The monoisotopic (exact) mass is 290 g/mol. The van der Waals surface area contributed by atoms with Crippen LogP contribution in [0.2, 0.25) is 0 Å². The van der Waals surface area contributed by atoms with Gasteiger partial charge in [0.2, 0.25) is 5.91 Å². The summed E-state index contributed by atoms with van der Waals surface area (Å²) in [6, 6.07) is 3.86. The molecule has 0 spiro atoms. The van der Waals surface area contributed by atoms with E-state index in [0.29, 0.717) is 19.1 Å². The van der Waals surface area contributed by atoms with E-state index in [-0.39, 0.29) is 18.1 Å². The average Bonchev–Trinajstić information content (AvgIpc) is 3.23. The van der Waals surface area contributed by atoms with E-state index in [1.54, 1.807) is 12.4 Å². The SMILES string of the molecule is C[C@@H](OCC1CC1)C(=O)N[C@H]1CCO[C@@H]1c1cccnc1. The minimum absolute atomic E-state index is 0.00586. The zero-order chi connectivity index (χ0) is 14.7. The van der Waals surface area contributed by atoms with Crippen molar-refractivity contribution in [2.24, 2.45) is 5.92 Å². The maximum atomic E-state index is 12.2. The molecule has 114 valence electrons. The van der Waals surface area contributed by atoms with Gasteiger partial charge in [-0.2, -0.15) is 0 Å². The van der Waals surface area contributed by atoms with Gasteiger partial charge in [0.15, 0.2) is 0 Å². The molecule has 2 heterocycles. The van der Waals surface area contributed by atoms with Crippen LogP contribution in [0.15, 0.2) is 24.5 Å². The summed E-state index contributed by atoms with van der Waals surface area (Å²) in [7, 11) is 0. The van der Waals surface area contributed by atoms with E-state index in [1.807, 2.05) is 19.1 Å². The number of carbonyl (C=O) groups excluding carboxylic acids is 1. The molecular formula is C16H22N2O3. The second-order valence-corrected chi connectivity index (χ2v) is 5.90. The molecule has 0 unspecified atom stereocenters. The molecule has 1 aromatic heterocycles. The van der Waals surface area contributed by atoms with Crippen molar-refractivity contribution in [2.45, 2.75) is 44.4 Å². The lowest BCUT2D eigenvalue weighted by molar-refractivity contribution is -0.133. The molecule has 1 aliphatic heterocycles. The fourth-order valence-corrected chi connectivity index (χ4v) is 2.55. The number of hydrogen-bond acceptors (Lipinski definition) is 4. The highest BCUT2D eigenvalue weighted by molar-refractivity contribution is 5.80. The van der Waals surface area contributed by atoms with Gasteiger partial charge in [-0.3, -0.25) is 9.78 Å². The van der Waals surface area contributed by atoms with Crippen LogP contribution in [0.1, 0.15) is 37.9 Å². The van der Waals surface area contributed by atoms with E-state index in [2.05, 4.69) is 10.3 Å². The minimum atomic E-state index is -0.402. The average molecular weight is 290 g/mol. The van der Waals surface area contributed by atoms with E-state index < -0.39 is 6.10 Å². The van der Waals surface area contributed by atoms with Crippen molar-refractivity contribution in [1.82, 2.24) is 10.3 Å². The van der Waals surface area contributed by atoms with Crippen LogP contribution in [0.5, 0.6) is 0 Å². The van der Waals surface area contributed by atoms with Crippen LogP contribution in [0.4, 0.5) is 0 Å². The van der Waals surface area contributed by atoms with Crippen molar-refractivity contribution in [3.8, 4) is 0 Å². The molecule has 0 radical (unpaired) electrons. The number of amides is 1. The number of pyridine rings is 1. The van der Waals surface area contributed by atoms with E-state index in [0.717, 1.165) is 12.0 Å². The number of nitrogens with one attached hydrogen (secondary N) is 1. The van der Waals surface area contributed by atoms with Gasteiger partial charge in [0.25, 0.3) is 0 Å². The van der Waals surface area contributed by atoms with Crippen LogP contribution in [-0.4, -0.2) is 36.3 Å². The van der Waals surface area contributed by atoms with Crippen LogP contribution in [0, 0.1) is 5.92 Å². The Morgan fingerprint density at radius 3 is 3.10 bits per heavy atom. The predicted molar refractivity (Wildman–Crippen MR) is 77.6 cm³/mol. The molecule has 2 fully saturated rings. The van der Waals surface area contributed by atoms with E-state index in [4.69, 9.17) is 9.47 Å². The summed E-state index contributed by atoms with van der Waals surface area (Å²) in [5.74, 6) is 0.609. The molecule has 1 amide bonds. The highest BCUT2D eigenvalue weighted by Gasteiger charge is 2.32. The predicted octanol–water partition coefficient (Wildman–Crippen LogP) is 1.84. The van der Waals surface area contributed by atoms with Gasteiger partial charge in [-0.25, -0.2) is 0 Å². The minimum Gasteiger partial charge on any atom is -0.371 e. The second kappa shape index (κ2) is 6.54. The molecule has 2 aliphatic rings. The summed E-state index contributed by atoms with van der Waals surface area (Å²) in [4.78, 5) is 16.3. The molecule has 5 nitrogen and oxygen atoms in total. The standard InChI is InChI=1S/C16H22N2O3/c1-11(21-10-12-4-5-12)16(19)18-14-6-8-20-15(14)13-3-2-7-17-9-13/h2-3,7,9,11-12,14-15H,4-6,8,10H2,1H3,(H,18,19)/t11-,14+,15-/m1/s1. The van der Waals surface area contributed by atoms with E-state index in [1.165, 1.54) is 12.8 Å². The van der Waals surface area contributed by atoms with Gasteiger partial charge < -0.3 is 14.8 Å². The molecular weight excluding hydrogens is 268 g/mol. The Hall–Kier alpha value is -1.46. The van der Waals surface area contributed by atoms with Crippen molar-refractivity contribution in [1.29, 1.82) is 0 Å². The summed E-state index contributed by atoms with van der Waals surface area (Å²) in [6.07, 6.45) is 6.30. The molecule has 0 aromatic carbocycles. The van der Waals surface area contributed by atoms with Crippen molar-refractivity contribution in [2.75, 3.05) is 13.2 Å². The lowest BCUT2D eigenvalue weighted by atomic mass is 10.0. The van der Waals surface area contributed by atoms with Crippen molar-refractivity contribution in [3.05, 3.63) is 30.1 Å². The third kappa shape index (κ3) is 3.80. The van der Waals surface area contributed by atoms with E-state index >= 15 is 0 Å². The maximum Gasteiger partial charge on any atom is 0.249 e. The zero-order valence-electron chi connectivity index (χ0n) is 12.3. The van der Waals surface area contributed by atoms with Crippen LogP contribution < -0.4 is 5.32 Å². The third-order valence-corrected chi connectivity index (χ3v) is 4.08. The number of carbonyl (C=O) groups is 1. The Bertz CT molecular complexity index is 476. The second-order valence-electron chi connectivity index (χ2n) is 5.90. The molecule has 3 rings (SSSR count). The van der Waals surface area contributed by atoms with Crippen LogP contribution in [0.25, 0.3) is 0 Å². The number of rotatable bonds is 6. The molecule has 1 aliphatic carbocycles. The Morgan fingerprint density at radius 1 is 1.52 bits per heavy atom. The van der Waals surface area contributed by atoms with Crippen LogP contribution in [-0.2, 0) is 14.3 Å². The Labute approximate surface area is 125 Å². The lowest BCUT2D eigenvalue weighted by Crippen LogP contribution is -2.42. The molecule has 5 heteroatoms.